The van der Waals surface area contributed by atoms with Crippen LogP contribution in [0.2, 0.25) is 0 Å². The third kappa shape index (κ3) is 6.47. The van der Waals surface area contributed by atoms with Gasteiger partial charge in [0.2, 0.25) is 16.0 Å². The lowest BCUT2D eigenvalue weighted by molar-refractivity contribution is -0.138. The summed E-state index contributed by atoms with van der Waals surface area (Å²) in [6.07, 6.45) is 1.50. The van der Waals surface area contributed by atoms with Crippen LogP contribution in [0.15, 0.2) is 45.6 Å². The number of sulfonamides is 1. The summed E-state index contributed by atoms with van der Waals surface area (Å²) in [5.74, 6) is -0.631. The molecule has 13 heteroatoms. The summed E-state index contributed by atoms with van der Waals surface area (Å²) in [7, 11) is -3.71. The molecule has 0 aliphatic heterocycles. The molecule has 0 amide bonds. The molecule has 0 saturated carbocycles. The molecule has 10 nitrogen and oxygen atoms in total. The lowest BCUT2D eigenvalue weighted by Gasteiger charge is -2.20. The first-order chi connectivity index (χ1) is 13.8. The van der Waals surface area contributed by atoms with Crippen molar-refractivity contribution in [3.63, 3.8) is 0 Å². The van der Waals surface area contributed by atoms with Gasteiger partial charge in [-0.15, -0.1) is 33.4 Å². The molecule has 2 aromatic rings. The molecule has 0 bridgehead atoms. The number of nitrogens with one attached hydrogen (secondary N) is 1. The van der Waals surface area contributed by atoms with Crippen molar-refractivity contribution < 1.29 is 18.3 Å². The first-order valence-electron chi connectivity index (χ1n) is 8.44. The Kier molecular flexibility index (Phi) is 8.53. The van der Waals surface area contributed by atoms with Gasteiger partial charge in [0.1, 0.15) is 6.04 Å². The number of hydrogen-bond acceptors (Lipinski definition) is 7. The molecule has 1 aromatic heterocycles. The van der Waals surface area contributed by atoms with Gasteiger partial charge in [-0.25, -0.2) is 13.4 Å². The largest absolute Gasteiger partial charge is 0.480 e. The zero-order valence-electron chi connectivity index (χ0n) is 15.2. The molecule has 0 radical (unpaired) electrons. The van der Waals surface area contributed by atoms with E-state index in [1.165, 1.54) is 34.8 Å². The lowest BCUT2D eigenvalue weighted by Crippen LogP contribution is -2.34. The average molecular weight is 463 g/mol. The van der Waals surface area contributed by atoms with Crippen LogP contribution in [-0.4, -0.2) is 64.7 Å². The zero-order chi connectivity index (χ0) is 21.4. The van der Waals surface area contributed by atoms with Gasteiger partial charge in [0.15, 0.2) is 0 Å². The number of carboxylic acids is 1. The number of azo groups is 1. The molecular weight excluding hydrogens is 443 g/mol. The fourth-order valence-corrected chi connectivity index (χ4v) is 4.36. The van der Waals surface area contributed by atoms with Crippen molar-refractivity contribution in [1.29, 1.82) is 0 Å². The Balaban J connectivity index is 2.09. The predicted molar refractivity (Wildman–Crippen MR) is 109 cm³/mol. The second-order valence-electron chi connectivity index (χ2n) is 5.86. The van der Waals surface area contributed by atoms with Crippen molar-refractivity contribution in [1.82, 2.24) is 14.3 Å². The van der Waals surface area contributed by atoms with Gasteiger partial charge in [0, 0.05) is 37.0 Å². The van der Waals surface area contributed by atoms with Gasteiger partial charge in [0.25, 0.3) is 0 Å². The van der Waals surface area contributed by atoms with Gasteiger partial charge in [-0.1, -0.05) is 0 Å². The lowest BCUT2D eigenvalue weighted by atomic mass is 10.2. The molecule has 1 heterocycles. The molecule has 0 aliphatic carbocycles. The Labute approximate surface area is 177 Å². The van der Waals surface area contributed by atoms with Crippen LogP contribution >= 0.6 is 23.2 Å². The summed E-state index contributed by atoms with van der Waals surface area (Å²) in [6, 6.07) is 4.78. The normalized spacial score (nSPS) is 13.2. The molecule has 0 spiro atoms. The minimum Gasteiger partial charge on any atom is -0.480 e. The second-order valence-corrected chi connectivity index (χ2v) is 8.55. The van der Waals surface area contributed by atoms with Crippen LogP contribution in [0.25, 0.3) is 0 Å². The van der Waals surface area contributed by atoms with E-state index in [2.05, 4.69) is 20.2 Å². The maximum atomic E-state index is 12.6. The van der Waals surface area contributed by atoms with Crippen LogP contribution in [0.3, 0.4) is 0 Å². The molecule has 2 rings (SSSR count). The van der Waals surface area contributed by atoms with Crippen LogP contribution in [0.5, 0.6) is 0 Å². The monoisotopic (exact) mass is 462 g/mol. The molecule has 4 N–H and O–H groups in total. The van der Waals surface area contributed by atoms with E-state index in [-0.39, 0.29) is 42.1 Å². The number of carboxylic acid groups (broad SMARTS) is 1. The van der Waals surface area contributed by atoms with Crippen molar-refractivity contribution >= 4 is 50.8 Å². The number of aromatic nitrogens is 2. The summed E-state index contributed by atoms with van der Waals surface area (Å²) in [4.78, 5) is 17.6. The number of alkyl halides is 2. The van der Waals surface area contributed by atoms with Crippen molar-refractivity contribution in [2.75, 3.05) is 24.8 Å². The van der Waals surface area contributed by atoms with Crippen LogP contribution in [0, 0.1) is 0 Å². The molecule has 1 unspecified atom stereocenters. The summed E-state index contributed by atoms with van der Waals surface area (Å²) in [5.41, 5.74) is 6.38. The van der Waals surface area contributed by atoms with Gasteiger partial charge in [-0.2, -0.15) is 4.31 Å². The minimum absolute atomic E-state index is 0.0749. The van der Waals surface area contributed by atoms with Gasteiger partial charge in [-0.05, 0) is 24.3 Å². The van der Waals surface area contributed by atoms with Gasteiger partial charge >= 0.3 is 5.97 Å². The van der Waals surface area contributed by atoms with Gasteiger partial charge in [0.05, 0.1) is 16.8 Å². The summed E-state index contributed by atoms with van der Waals surface area (Å²) in [5, 5.41) is 16.7. The van der Waals surface area contributed by atoms with E-state index >= 15 is 0 Å². The minimum atomic E-state index is -3.71. The van der Waals surface area contributed by atoms with Crippen molar-refractivity contribution in [3.8, 4) is 0 Å². The number of aliphatic carboxylic acids is 1. The maximum Gasteiger partial charge on any atom is 0.320 e. The van der Waals surface area contributed by atoms with E-state index < -0.39 is 22.0 Å². The van der Waals surface area contributed by atoms with E-state index in [0.717, 1.165) is 0 Å². The van der Waals surface area contributed by atoms with E-state index in [1.54, 1.807) is 0 Å². The van der Waals surface area contributed by atoms with E-state index in [1.807, 2.05) is 0 Å². The van der Waals surface area contributed by atoms with Crippen LogP contribution in [0.1, 0.15) is 5.69 Å². The number of nitrogens with two attached hydrogens (primary N) is 1. The fraction of sp³-hybridized carbons (Fsp3) is 0.375. The average Bonchev–Trinajstić information content (AvgIpc) is 3.13. The maximum absolute atomic E-state index is 12.6. The van der Waals surface area contributed by atoms with Crippen LogP contribution < -0.4 is 5.73 Å². The SMILES string of the molecule is NC(Cc1cnc(N=Nc2ccc(S(=O)(=O)N(CCCl)CCCl)cc2)[nH]1)C(=O)O. The topological polar surface area (TPSA) is 154 Å². The molecular formula is C16H20Cl2N6O4S. The first kappa shape index (κ1) is 23.2. The van der Waals surface area contributed by atoms with E-state index in [4.69, 9.17) is 34.0 Å². The molecule has 0 saturated heterocycles. The second kappa shape index (κ2) is 10.6. The number of carbonyl (C=O) groups is 1. The summed E-state index contributed by atoms with van der Waals surface area (Å²) >= 11 is 11.3. The summed E-state index contributed by atoms with van der Waals surface area (Å²) in [6.45, 7) is 0.314. The Bertz CT molecular complexity index is 943. The third-order valence-corrected chi connectivity index (χ3v) is 6.03. The predicted octanol–water partition coefficient (Wildman–Crippen LogP) is 2.25. The number of imidazole rings is 1. The first-order valence-corrected chi connectivity index (χ1v) is 10.9. The molecule has 0 aliphatic rings. The molecule has 158 valence electrons. The number of H-pyrrole nitrogens is 1. The number of nitrogens with zero attached hydrogens (tertiary/aromatic N) is 4. The number of hydrogen-bond donors (Lipinski definition) is 3. The molecule has 1 aromatic carbocycles. The van der Waals surface area contributed by atoms with Crippen LogP contribution in [-0.2, 0) is 21.2 Å². The van der Waals surface area contributed by atoms with Crippen molar-refractivity contribution in [2.24, 2.45) is 16.0 Å². The number of halogens is 2. The quantitative estimate of drug-likeness (QED) is 0.343. The van der Waals surface area contributed by atoms with E-state index in [9.17, 15) is 13.2 Å². The highest BCUT2D eigenvalue weighted by atomic mass is 35.5. The highest BCUT2D eigenvalue weighted by Crippen LogP contribution is 2.21. The van der Waals surface area contributed by atoms with Gasteiger partial charge in [-0.3, -0.25) is 4.79 Å². The van der Waals surface area contributed by atoms with Gasteiger partial charge < -0.3 is 15.8 Å². The molecule has 29 heavy (non-hydrogen) atoms. The smallest absolute Gasteiger partial charge is 0.320 e. The third-order valence-electron chi connectivity index (χ3n) is 3.77. The summed E-state index contributed by atoms with van der Waals surface area (Å²) < 4.78 is 26.5. The highest BCUT2D eigenvalue weighted by molar-refractivity contribution is 7.89. The van der Waals surface area contributed by atoms with E-state index in [0.29, 0.717) is 11.4 Å². The Morgan fingerprint density at radius 2 is 1.83 bits per heavy atom. The Morgan fingerprint density at radius 1 is 1.21 bits per heavy atom. The number of aromatic amines is 1. The highest BCUT2D eigenvalue weighted by Gasteiger charge is 2.23. The zero-order valence-corrected chi connectivity index (χ0v) is 17.5. The Hall–Kier alpha value is -2.05. The van der Waals surface area contributed by atoms with Crippen molar-refractivity contribution in [2.45, 2.75) is 17.4 Å². The Morgan fingerprint density at radius 3 is 2.38 bits per heavy atom. The molecule has 0 fully saturated rings. The van der Waals surface area contributed by atoms with Crippen LogP contribution in [0.4, 0.5) is 11.6 Å². The molecule has 1 atom stereocenters. The van der Waals surface area contributed by atoms with Crippen molar-refractivity contribution in [3.05, 3.63) is 36.2 Å². The standard InChI is InChI=1S/C16H20Cl2N6O4S/c17-5-7-24(8-6-18)29(27,28)13-3-1-11(2-4-13)22-23-16-20-10-12(21-16)9-14(19)15(25)26/h1-4,10,14H,5-9,19H2,(H,20,21)(H,25,26). The number of benzene rings is 1. The number of rotatable bonds is 11. The fourth-order valence-electron chi connectivity index (χ4n) is 2.31.